The van der Waals surface area contributed by atoms with Gasteiger partial charge in [0.2, 0.25) is 0 Å². The van der Waals surface area contributed by atoms with Crippen LogP contribution in [-0.2, 0) is 14.3 Å². The molecule has 1 amide bonds. The van der Waals surface area contributed by atoms with Crippen LogP contribution in [0.1, 0.15) is 34.1 Å². The first kappa shape index (κ1) is 16.9. The molecule has 0 saturated carbocycles. The second-order valence-electron chi connectivity index (χ2n) is 5.59. The molecule has 116 valence electrons. The summed E-state index contributed by atoms with van der Waals surface area (Å²) in [6.45, 7) is 8.08. The van der Waals surface area contributed by atoms with E-state index in [-0.39, 0.29) is 12.3 Å². The van der Waals surface area contributed by atoms with Gasteiger partial charge in [-0.15, -0.1) is 0 Å². The van der Waals surface area contributed by atoms with Gasteiger partial charge in [-0.2, -0.15) is 0 Å². The monoisotopic (exact) mass is 296 g/mol. The van der Waals surface area contributed by atoms with E-state index in [0.29, 0.717) is 25.1 Å². The highest BCUT2D eigenvalue weighted by molar-refractivity contribution is 6.40. The van der Waals surface area contributed by atoms with E-state index < -0.39 is 17.7 Å². The van der Waals surface area contributed by atoms with Crippen LogP contribution in [0.3, 0.4) is 0 Å². The van der Waals surface area contributed by atoms with Crippen molar-refractivity contribution < 1.29 is 23.9 Å². The second kappa shape index (κ2) is 7.04. The summed E-state index contributed by atoms with van der Waals surface area (Å²) in [5.41, 5.74) is 7.19. The van der Waals surface area contributed by atoms with Crippen molar-refractivity contribution in [3.05, 3.63) is 11.6 Å². The molecule has 21 heavy (non-hydrogen) atoms. The van der Waals surface area contributed by atoms with E-state index in [1.54, 1.807) is 17.9 Å². The molecule has 7 heteroatoms. The third kappa shape index (κ3) is 5.04. The maximum absolute atomic E-state index is 11.9. The maximum Gasteiger partial charge on any atom is 0.451 e. The van der Waals surface area contributed by atoms with Gasteiger partial charge in [0, 0.05) is 13.1 Å². The van der Waals surface area contributed by atoms with E-state index in [1.165, 1.54) is 0 Å². The van der Waals surface area contributed by atoms with Crippen molar-refractivity contribution >= 4 is 17.8 Å². The molecule has 0 aromatic carbocycles. The van der Waals surface area contributed by atoms with Crippen LogP contribution in [0.25, 0.3) is 0 Å². The number of amides is 1. The lowest BCUT2D eigenvalue weighted by Gasteiger charge is -2.28. The Hall–Kier alpha value is -2.14. The molecule has 1 N–H and O–H groups in total. The summed E-state index contributed by atoms with van der Waals surface area (Å²) in [7, 11) is 0. The zero-order valence-corrected chi connectivity index (χ0v) is 12.9. The fourth-order valence-corrected chi connectivity index (χ4v) is 1.82. The van der Waals surface area contributed by atoms with Crippen LogP contribution in [0.15, 0.2) is 11.6 Å². The predicted octanol–water partition coefficient (Wildman–Crippen LogP) is 1.80. The average molecular weight is 296 g/mol. The molecule has 0 aliphatic carbocycles. The van der Waals surface area contributed by atoms with E-state index >= 15 is 0 Å². The van der Waals surface area contributed by atoms with Crippen molar-refractivity contribution in [1.82, 2.24) is 4.90 Å². The van der Waals surface area contributed by atoms with Crippen molar-refractivity contribution in [3.63, 3.8) is 0 Å². The van der Waals surface area contributed by atoms with Crippen molar-refractivity contribution in [1.29, 1.82) is 5.53 Å². The van der Waals surface area contributed by atoms with Gasteiger partial charge in [-0.1, -0.05) is 6.08 Å². The molecule has 0 atom stereocenters. The van der Waals surface area contributed by atoms with Gasteiger partial charge in [0.15, 0.2) is 0 Å². The van der Waals surface area contributed by atoms with Crippen molar-refractivity contribution in [3.8, 4) is 0 Å². The molecular formula is C14H22N3O4+. The Balaban J connectivity index is 2.71. The van der Waals surface area contributed by atoms with Crippen LogP contribution < -0.4 is 0 Å². The maximum atomic E-state index is 11.9. The first-order valence-corrected chi connectivity index (χ1v) is 6.87. The Morgan fingerprint density at radius 3 is 2.52 bits per heavy atom. The molecule has 0 bridgehead atoms. The number of nitrogens with zero attached hydrogens (tertiary/aromatic N) is 2. The van der Waals surface area contributed by atoms with Gasteiger partial charge in [0.05, 0.1) is 22.5 Å². The molecule has 7 nitrogen and oxygen atoms in total. The lowest BCUT2D eigenvalue weighted by atomic mass is 10.0. The van der Waals surface area contributed by atoms with Gasteiger partial charge in [-0.25, -0.2) is 9.59 Å². The van der Waals surface area contributed by atoms with Crippen molar-refractivity contribution in [2.75, 3.05) is 19.7 Å². The van der Waals surface area contributed by atoms with Crippen molar-refractivity contribution in [2.24, 2.45) is 0 Å². The van der Waals surface area contributed by atoms with E-state index in [2.05, 4.69) is 4.79 Å². The Morgan fingerprint density at radius 2 is 2.10 bits per heavy atom. The van der Waals surface area contributed by atoms with E-state index in [0.717, 1.165) is 0 Å². The van der Waals surface area contributed by atoms with Gasteiger partial charge in [0.1, 0.15) is 5.60 Å². The third-order valence-electron chi connectivity index (χ3n) is 2.75. The molecule has 0 spiro atoms. The standard InChI is InChI=1S/C14H22N3O4/c1-5-20-12(18)11(16-15)10-6-8-17(9-7-10)13(19)21-14(2,3)4/h6,15H,5,7-9H2,1-4H3/q+1. The minimum absolute atomic E-state index is 0.000638. The number of ether oxygens (including phenoxy) is 2. The summed E-state index contributed by atoms with van der Waals surface area (Å²) in [6, 6.07) is 0. The van der Waals surface area contributed by atoms with Crippen LogP contribution in [-0.4, -0.2) is 52.8 Å². The second-order valence-corrected chi connectivity index (χ2v) is 5.59. The first-order chi connectivity index (χ1) is 9.78. The molecule has 0 aromatic heterocycles. The van der Waals surface area contributed by atoms with Gasteiger partial charge in [0.25, 0.3) is 0 Å². The number of esters is 1. The smallest absolute Gasteiger partial charge is 0.451 e. The van der Waals surface area contributed by atoms with Crippen LogP contribution in [0, 0.1) is 5.53 Å². The third-order valence-corrected chi connectivity index (χ3v) is 2.75. The fraction of sp³-hybridized carbons (Fsp3) is 0.643. The summed E-state index contributed by atoms with van der Waals surface area (Å²) in [4.78, 5) is 28.4. The average Bonchev–Trinajstić information content (AvgIpc) is 2.38. The molecule has 1 aliphatic heterocycles. The fourth-order valence-electron chi connectivity index (χ4n) is 1.82. The minimum Gasteiger partial charge on any atom is -0.457 e. The van der Waals surface area contributed by atoms with Crippen LogP contribution in [0.4, 0.5) is 4.79 Å². The Kier molecular flexibility index (Phi) is 5.67. The van der Waals surface area contributed by atoms with Crippen LogP contribution in [0.5, 0.6) is 0 Å². The molecular weight excluding hydrogens is 274 g/mol. The van der Waals surface area contributed by atoms with Crippen molar-refractivity contribution in [2.45, 2.75) is 39.7 Å². The number of carbonyl (C=O) groups excluding carboxylic acids is 2. The number of nitrogens with one attached hydrogen (secondary N) is 1. The van der Waals surface area contributed by atoms with Gasteiger partial charge < -0.3 is 14.4 Å². The Morgan fingerprint density at radius 1 is 1.43 bits per heavy atom. The van der Waals surface area contributed by atoms with Crippen LogP contribution >= 0.6 is 0 Å². The quantitative estimate of drug-likeness (QED) is 0.372. The highest BCUT2D eigenvalue weighted by Gasteiger charge is 2.33. The molecule has 0 aromatic rings. The highest BCUT2D eigenvalue weighted by atomic mass is 16.6. The topological polar surface area (TPSA) is 93.8 Å². The summed E-state index contributed by atoms with van der Waals surface area (Å²) in [6.07, 6.45) is 1.76. The van der Waals surface area contributed by atoms with Gasteiger partial charge in [-0.05, 0) is 34.1 Å². The van der Waals surface area contributed by atoms with E-state index in [1.807, 2.05) is 20.8 Å². The Bertz CT molecular complexity index is 499. The van der Waals surface area contributed by atoms with E-state index in [9.17, 15) is 9.59 Å². The Labute approximate surface area is 124 Å². The summed E-state index contributed by atoms with van der Waals surface area (Å²) in [5.74, 6) is -0.607. The predicted molar refractivity (Wildman–Crippen MR) is 75.1 cm³/mol. The minimum atomic E-state index is -0.607. The van der Waals surface area contributed by atoms with Gasteiger partial charge >= 0.3 is 17.8 Å². The summed E-state index contributed by atoms with van der Waals surface area (Å²) in [5, 5.41) is 0. The lowest BCUT2D eigenvalue weighted by molar-refractivity contribution is -0.152. The summed E-state index contributed by atoms with van der Waals surface area (Å²) < 4.78 is 10.1. The molecule has 0 radical (unpaired) electrons. The SMILES string of the molecule is CCOC(=O)C(=[N+]=N)C1=CCN(C(=O)OC(C)(C)C)CC1. The molecule has 0 unspecified atom stereocenters. The highest BCUT2D eigenvalue weighted by Crippen LogP contribution is 2.16. The molecule has 1 heterocycles. The summed E-state index contributed by atoms with van der Waals surface area (Å²) >= 11 is 0. The van der Waals surface area contributed by atoms with E-state index in [4.69, 9.17) is 15.0 Å². The zero-order chi connectivity index (χ0) is 16.0. The normalized spacial score (nSPS) is 14.9. The lowest BCUT2D eigenvalue weighted by Crippen LogP contribution is -2.40. The number of rotatable bonds is 3. The molecule has 1 aliphatic rings. The zero-order valence-electron chi connectivity index (χ0n) is 12.9. The van der Waals surface area contributed by atoms with Crippen LogP contribution in [0.2, 0.25) is 0 Å². The first-order valence-electron chi connectivity index (χ1n) is 6.87. The molecule has 0 fully saturated rings. The number of carbonyl (C=O) groups is 2. The number of hydrogen-bond acceptors (Lipinski definition) is 5. The largest absolute Gasteiger partial charge is 0.457 e. The number of hydrogen-bond donors (Lipinski definition) is 1. The molecule has 0 saturated heterocycles. The van der Waals surface area contributed by atoms with Gasteiger partial charge in [-0.3, -0.25) is 0 Å². The molecule has 1 rings (SSSR count).